The average Bonchev–Trinajstić information content (AvgIpc) is 2.09. The van der Waals surface area contributed by atoms with Crippen LogP contribution in [0.1, 0.15) is 17.2 Å². The number of halogens is 3. The number of nitrogens with two attached hydrogens (primary N) is 1. The summed E-state index contributed by atoms with van der Waals surface area (Å²) in [4.78, 5) is 3.90. The number of alkyl halides is 2. The van der Waals surface area contributed by atoms with Crippen molar-refractivity contribution in [2.45, 2.75) is 19.3 Å². The summed E-state index contributed by atoms with van der Waals surface area (Å²) in [5, 5.41) is 0.112. The lowest BCUT2D eigenvalue weighted by Gasteiger charge is -2.15. The van der Waals surface area contributed by atoms with E-state index in [4.69, 9.17) is 17.3 Å². The van der Waals surface area contributed by atoms with Gasteiger partial charge in [0, 0.05) is 12.2 Å². The Kier molecular flexibility index (Phi) is 3.77. The zero-order valence-corrected chi connectivity index (χ0v) is 8.43. The van der Waals surface area contributed by atoms with Crippen molar-refractivity contribution in [3.8, 4) is 0 Å². The van der Waals surface area contributed by atoms with Crippen LogP contribution in [0.2, 0.25) is 5.15 Å². The summed E-state index contributed by atoms with van der Waals surface area (Å²) < 4.78 is 25.0. The largest absolute Gasteiger partial charge is 0.330 e. The van der Waals surface area contributed by atoms with Crippen LogP contribution >= 0.6 is 11.6 Å². The van der Waals surface area contributed by atoms with Crippen molar-refractivity contribution in [2.75, 3.05) is 6.54 Å². The van der Waals surface area contributed by atoms with Gasteiger partial charge in [0.05, 0.1) is 5.92 Å². The molecule has 1 aromatic heterocycles. The molecule has 0 spiro atoms. The van der Waals surface area contributed by atoms with Crippen molar-refractivity contribution >= 4 is 11.6 Å². The first-order valence-corrected chi connectivity index (χ1v) is 4.55. The van der Waals surface area contributed by atoms with Crippen LogP contribution in [-0.2, 0) is 0 Å². The van der Waals surface area contributed by atoms with E-state index in [0.717, 1.165) is 0 Å². The zero-order chi connectivity index (χ0) is 10.7. The number of hydrogen-bond acceptors (Lipinski definition) is 2. The van der Waals surface area contributed by atoms with Crippen LogP contribution in [0.15, 0.2) is 12.1 Å². The highest BCUT2D eigenvalue weighted by Gasteiger charge is 2.23. The average molecular weight is 221 g/mol. The van der Waals surface area contributed by atoms with Crippen LogP contribution in [0.25, 0.3) is 0 Å². The van der Waals surface area contributed by atoms with E-state index in [1.165, 1.54) is 0 Å². The van der Waals surface area contributed by atoms with Gasteiger partial charge in [-0.05, 0) is 18.6 Å². The minimum Gasteiger partial charge on any atom is -0.330 e. The highest BCUT2D eigenvalue weighted by molar-refractivity contribution is 6.30. The van der Waals surface area contributed by atoms with Crippen LogP contribution < -0.4 is 5.73 Å². The number of pyridine rings is 1. The SMILES string of the molecule is Cc1ccc(C(CN)C(F)F)c(Cl)n1. The van der Waals surface area contributed by atoms with E-state index in [2.05, 4.69) is 4.98 Å². The monoisotopic (exact) mass is 220 g/mol. The summed E-state index contributed by atoms with van der Waals surface area (Å²) in [5.74, 6) is -1.03. The molecule has 5 heteroatoms. The van der Waals surface area contributed by atoms with E-state index in [1.807, 2.05) is 0 Å². The third kappa shape index (κ3) is 2.39. The van der Waals surface area contributed by atoms with Crippen molar-refractivity contribution in [1.82, 2.24) is 4.98 Å². The van der Waals surface area contributed by atoms with Crippen molar-refractivity contribution in [3.63, 3.8) is 0 Å². The maximum atomic E-state index is 12.5. The van der Waals surface area contributed by atoms with Crippen LogP contribution in [0, 0.1) is 6.92 Å². The third-order valence-electron chi connectivity index (χ3n) is 1.97. The molecule has 0 aliphatic carbocycles. The highest BCUT2D eigenvalue weighted by atomic mass is 35.5. The number of rotatable bonds is 3. The molecular formula is C9H11ClF2N2. The molecule has 2 N–H and O–H groups in total. The van der Waals surface area contributed by atoms with E-state index < -0.39 is 12.3 Å². The van der Waals surface area contributed by atoms with Gasteiger partial charge in [0.1, 0.15) is 5.15 Å². The fourth-order valence-electron chi connectivity index (χ4n) is 1.18. The Morgan fingerprint density at radius 3 is 2.57 bits per heavy atom. The fourth-order valence-corrected chi connectivity index (χ4v) is 1.51. The topological polar surface area (TPSA) is 38.9 Å². The maximum Gasteiger partial charge on any atom is 0.246 e. The summed E-state index contributed by atoms with van der Waals surface area (Å²) in [6.07, 6.45) is -2.51. The predicted octanol–water partition coefficient (Wildman–Crippen LogP) is 2.35. The molecule has 14 heavy (non-hydrogen) atoms. The van der Waals surface area contributed by atoms with E-state index >= 15 is 0 Å². The lowest BCUT2D eigenvalue weighted by atomic mass is 10.0. The molecule has 0 saturated heterocycles. The van der Waals surface area contributed by atoms with Crippen LogP contribution in [0.5, 0.6) is 0 Å². The van der Waals surface area contributed by atoms with Gasteiger partial charge in [0.15, 0.2) is 0 Å². The van der Waals surface area contributed by atoms with Gasteiger partial charge in [-0.2, -0.15) is 0 Å². The van der Waals surface area contributed by atoms with E-state index in [1.54, 1.807) is 19.1 Å². The van der Waals surface area contributed by atoms with Crippen molar-refractivity contribution in [2.24, 2.45) is 5.73 Å². The van der Waals surface area contributed by atoms with Crippen molar-refractivity contribution in [3.05, 3.63) is 28.5 Å². The Hall–Kier alpha value is -0.740. The molecule has 1 rings (SSSR count). The van der Waals surface area contributed by atoms with Crippen LogP contribution in [0.3, 0.4) is 0 Å². The number of nitrogens with zero attached hydrogens (tertiary/aromatic N) is 1. The van der Waals surface area contributed by atoms with Gasteiger partial charge in [-0.3, -0.25) is 0 Å². The first kappa shape index (κ1) is 11.3. The first-order chi connectivity index (χ1) is 6.56. The molecule has 0 aliphatic rings. The molecule has 0 fully saturated rings. The molecule has 78 valence electrons. The van der Waals surface area contributed by atoms with Gasteiger partial charge in [-0.25, -0.2) is 13.8 Å². The predicted molar refractivity (Wildman–Crippen MR) is 51.8 cm³/mol. The second-order valence-electron chi connectivity index (χ2n) is 3.01. The van der Waals surface area contributed by atoms with Gasteiger partial charge in [-0.15, -0.1) is 0 Å². The molecule has 0 saturated carbocycles. The Labute approximate surface area is 86.1 Å². The van der Waals surface area contributed by atoms with E-state index in [0.29, 0.717) is 11.3 Å². The summed E-state index contributed by atoms with van der Waals surface area (Å²) in [6, 6.07) is 3.20. The molecule has 0 radical (unpaired) electrons. The normalized spacial score (nSPS) is 13.3. The van der Waals surface area contributed by atoms with Crippen LogP contribution in [-0.4, -0.2) is 18.0 Å². The minimum atomic E-state index is -2.51. The molecule has 0 aromatic carbocycles. The fraction of sp³-hybridized carbons (Fsp3) is 0.444. The smallest absolute Gasteiger partial charge is 0.246 e. The van der Waals surface area contributed by atoms with Crippen molar-refractivity contribution < 1.29 is 8.78 Å². The lowest BCUT2D eigenvalue weighted by molar-refractivity contribution is 0.117. The van der Waals surface area contributed by atoms with Crippen molar-refractivity contribution in [1.29, 1.82) is 0 Å². The second-order valence-corrected chi connectivity index (χ2v) is 3.37. The number of aryl methyl sites for hydroxylation is 1. The molecule has 1 unspecified atom stereocenters. The Morgan fingerprint density at radius 1 is 1.50 bits per heavy atom. The Bertz CT molecular complexity index is 318. The molecule has 1 aromatic rings. The van der Waals surface area contributed by atoms with Gasteiger partial charge in [0.25, 0.3) is 0 Å². The molecule has 1 heterocycles. The van der Waals surface area contributed by atoms with Gasteiger partial charge < -0.3 is 5.73 Å². The molecule has 1 atom stereocenters. The summed E-state index contributed by atoms with van der Waals surface area (Å²) in [6.45, 7) is 1.61. The highest BCUT2D eigenvalue weighted by Crippen LogP contribution is 2.27. The molecule has 2 nitrogen and oxygen atoms in total. The molecule has 0 amide bonds. The van der Waals surface area contributed by atoms with Gasteiger partial charge >= 0.3 is 0 Å². The number of hydrogen-bond donors (Lipinski definition) is 1. The van der Waals surface area contributed by atoms with Gasteiger partial charge in [-0.1, -0.05) is 17.7 Å². The summed E-state index contributed by atoms with van der Waals surface area (Å²) in [5.41, 5.74) is 6.26. The molecule has 0 bridgehead atoms. The van der Waals surface area contributed by atoms with Crippen LogP contribution in [0.4, 0.5) is 8.78 Å². The third-order valence-corrected chi connectivity index (χ3v) is 2.28. The standard InChI is InChI=1S/C9H11ClF2N2/c1-5-2-3-6(8(10)14-5)7(4-13)9(11)12/h2-3,7,9H,4,13H2,1H3. The van der Waals surface area contributed by atoms with E-state index in [9.17, 15) is 8.78 Å². The molecular weight excluding hydrogens is 210 g/mol. The van der Waals surface area contributed by atoms with Gasteiger partial charge in [0.2, 0.25) is 6.43 Å². The first-order valence-electron chi connectivity index (χ1n) is 4.17. The zero-order valence-electron chi connectivity index (χ0n) is 7.67. The summed E-state index contributed by atoms with van der Waals surface area (Å²) >= 11 is 5.75. The maximum absolute atomic E-state index is 12.5. The van der Waals surface area contributed by atoms with E-state index in [-0.39, 0.29) is 11.7 Å². The second kappa shape index (κ2) is 4.66. The quantitative estimate of drug-likeness (QED) is 0.795. The minimum absolute atomic E-state index is 0.112. The Morgan fingerprint density at radius 2 is 2.14 bits per heavy atom. The Balaban J connectivity index is 3.04. The lowest BCUT2D eigenvalue weighted by Crippen LogP contribution is -2.20. The number of aromatic nitrogens is 1. The molecule has 0 aliphatic heterocycles. The summed E-state index contributed by atoms with van der Waals surface area (Å²) in [7, 11) is 0.